The number of halogens is 2. The molecule has 0 radical (unpaired) electrons. The second-order valence-corrected chi connectivity index (χ2v) is 5.95. The Balaban J connectivity index is 2.07. The van der Waals surface area contributed by atoms with Gasteiger partial charge < -0.3 is 5.11 Å². The number of benzene rings is 2. The predicted molar refractivity (Wildman–Crippen MR) is 92.9 cm³/mol. The molecule has 6 heteroatoms. The lowest BCUT2D eigenvalue weighted by Crippen LogP contribution is -2.17. The van der Waals surface area contributed by atoms with Gasteiger partial charge in [0.05, 0.1) is 6.21 Å². The highest BCUT2D eigenvalue weighted by molar-refractivity contribution is 9.13. The Kier molecular flexibility index (Phi) is 5.36. The van der Waals surface area contributed by atoms with Crippen LogP contribution in [0.4, 0.5) is 0 Å². The first kappa shape index (κ1) is 16.3. The van der Waals surface area contributed by atoms with Crippen molar-refractivity contribution < 1.29 is 9.90 Å². The Morgan fingerprint density at radius 1 is 1.23 bits per heavy atom. The van der Waals surface area contributed by atoms with Gasteiger partial charge in [-0.1, -0.05) is 5.92 Å². The number of phenols is 1. The maximum absolute atomic E-state index is 11.9. The molecule has 1 amide bonds. The van der Waals surface area contributed by atoms with Gasteiger partial charge in [-0.15, -0.1) is 6.42 Å². The molecule has 4 nitrogen and oxygen atoms in total. The summed E-state index contributed by atoms with van der Waals surface area (Å²) >= 11 is 6.66. The van der Waals surface area contributed by atoms with E-state index in [9.17, 15) is 9.90 Å². The van der Waals surface area contributed by atoms with Crippen LogP contribution < -0.4 is 5.43 Å². The highest BCUT2D eigenvalue weighted by Crippen LogP contribution is 2.23. The van der Waals surface area contributed by atoms with Crippen molar-refractivity contribution in [2.75, 3.05) is 0 Å². The standard InChI is InChI=1S/C16H10Br2N2O2/c1-2-10-3-4-12(15(21)7-10)9-19-20-16(22)11-5-6-13(17)14(18)8-11/h1,3-9,21H,(H,20,22). The smallest absolute Gasteiger partial charge is 0.271 e. The molecule has 0 saturated carbocycles. The Labute approximate surface area is 144 Å². The average Bonchev–Trinajstić information content (AvgIpc) is 2.51. The Bertz CT molecular complexity index is 795. The molecule has 0 aromatic heterocycles. The zero-order valence-electron chi connectivity index (χ0n) is 11.2. The maximum Gasteiger partial charge on any atom is 0.271 e. The van der Waals surface area contributed by atoms with Crippen molar-refractivity contribution in [1.29, 1.82) is 0 Å². The summed E-state index contributed by atoms with van der Waals surface area (Å²) in [6.07, 6.45) is 6.59. The van der Waals surface area contributed by atoms with E-state index in [-0.39, 0.29) is 11.7 Å². The first-order chi connectivity index (χ1) is 10.5. The van der Waals surface area contributed by atoms with Crippen LogP contribution >= 0.6 is 31.9 Å². The van der Waals surface area contributed by atoms with Crippen LogP contribution in [0.5, 0.6) is 5.75 Å². The number of terminal acetylenes is 1. The number of carbonyl (C=O) groups is 1. The summed E-state index contributed by atoms with van der Waals surface area (Å²) in [5.74, 6) is 2.06. The van der Waals surface area contributed by atoms with Gasteiger partial charge in [-0.2, -0.15) is 5.10 Å². The summed E-state index contributed by atoms with van der Waals surface area (Å²) in [4.78, 5) is 11.9. The van der Waals surface area contributed by atoms with Crippen LogP contribution in [-0.2, 0) is 0 Å². The monoisotopic (exact) mass is 420 g/mol. The van der Waals surface area contributed by atoms with Gasteiger partial charge in [0, 0.05) is 25.6 Å². The molecule has 2 rings (SSSR count). The predicted octanol–water partition coefficient (Wildman–Crippen LogP) is 3.66. The molecule has 0 atom stereocenters. The minimum absolute atomic E-state index is 0.000153. The largest absolute Gasteiger partial charge is 0.507 e. The molecule has 2 N–H and O–H groups in total. The Morgan fingerprint density at radius 3 is 2.64 bits per heavy atom. The molecular formula is C16H10Br2N2O2. The number of nitrogens with one attached hydrogen (secondary N) is 1. The highest BCUT2D eigenvalue weighted by atomic mass is 79.9. The average molecular weight is 422 g/mol. The van der Waals surface area contributed by atoms with Crippen LogP contribution in [0.15, 0.2) is 50.4 Å². The SMILES string of the molecule is C#Cc1ccc(C=NNC(=O)c2ccc(Br)c(Br)c2)c(O)c1. The summed E-state index contributed by atoms with van der Waals surface area (Å²) < 4.78 is 1.62. The van der Waals surface area contributed by atoms with Gasteiger partial charge >= 0.3 is 0 Å². The summed E-state index contributed by atoms with van der Waals surface area (Å²) in [5, 5.41) is 13.6. The van der Waals surface area contributed by atoms with Crippen molar-refractivity contribution in [3.8, 4) is 18.1 Å². The zero-order valence-corrected chi connectivity index (χ0v) is 14.3. The molecule has 2 aromatic carbocycles. The molecule has 0 unspecified atom stereocenters. The number of hydrogen-bond donors (Lipinski definition) is 2. The van der Waals surface area contributed by atoms with E-state index in [2.05, 4.69) is 48.3 Å². The molecule has 0 bridgehead atoms. The third-order valence-corrected chi connectivity index (χ3v) is 4.63. The molecule has 0 saturated heterocycles. The quantitative estimate of drug-likeness (QED) is 0.451. The molecular weight excluding hydrogens is 412 g/mol. The molecule has 22 heavy (non-hydrogen) atoms. The van der Waals surface area contributed by atoms with Gasteiger partial charge in [-0.25, -0.2) is 5.43 Å². The lowest BCUT2D eigenvalue weighted by atomic mass is 10.1. The second kappa shape index (κ2) is 7.25. The minimum atomic E-state index is -0.357. The van der Waals surface area contributed by atoms with Crippen molar-refractivity contribution >= 4 is 44.0 Å². The third-order valence-electron chi connectivity index (χ3n) is 2.75. The molecule has 110 valence electrons. The van der Waals surface area contributed by atoms with E-state index < -0.39 is 0 Å². The number of rotatable bonds is 3. The lowest BCUT2D eigenvalue weighted by molar-refractivity contribution is 0.0955. The van der Waals surface area contributed by atoms with Gasteiger partial charge in [0.15, 0.2) is 0 Å². The number of phenolic OH excluding ortho intramolecular Hbond substituents is 1. The third kappa shape index (κ3) is 3.97. The highest BCUT2D eigenvalue weighted by Gasteiger charge is 2.06. The molecule has 0 heterocycles. The van der Waals surface area contributed by atoms with E-state index in [0.29, 0.717) is 16.7 Å². The van der Waals surface area contributed by atoms with Crippen molar-refractivity contribution in [3.05, 3.63) is 62.0 Å². The van der Waals surface area contributed by atoms with Crippen molar-refractivity contribution in [2.45, 2.75) is 0 Å². The van der Waals surface area contributed by atoms with Gasteiger partial charge in [0.25, 0.3) is 5.91 Å². The van der Waals surface area contributed by atoms with Crippen LogP contribution in [0.3, 0.4) is 0 Å². The molecule has 0 aliphatic carbocycles. The summed E-state index contributed by atoms with van der Waals surface area (Å²) in [6.45, 7) is 0. The van der Waals surface area contributed by atoms with Crippen LogP contribution in [-0.4, -0.2) is 17.2 Å². The number of aromatic hydroxyl groups is 1. The lowest BCUT2D eigenvalue weighted by Gasteiger charge is -2.02. The molecule has 0 aliphatic heterocycles. The number of carbonyl (C=O) groups excluding carboxylic acids is 1. The summed E-state index contributed by atoms with van der Waals surface area (Å²) in [7, 11) is 0. The normalized spacial score (nSPS) is 10.4. The van der Waals surface area contributed by atoms with E-state index in [1.54, 1.807) is 30.3 Å². The fourth-order valence-electron chi connectivity index (χ4n) is 1.60. The Hall–Kier alpha value is -2.10. The summed E-state index contributed by atoms with van der Waals surface area (Å²) in [5.41, 5.74) is 3.87. The minimum Gasteiger partial charge on any atom is -0.507 e. The number of nitrogens with zero attached hydrogens (tertiary/aromatic N) is 1. The fraction of sp³-hybridized carbons (Fsp3) is 0. The Morgan fingerprint density at radius 2 is 2.00 bits per heavy atom. The van der Waals surface area contributed by atoms with Crippen molar-refractivity contribution in [3.63, 3.8) is 0 Å². The van der Waals surface area contributed by atoms with Crippen LogP contribution in [0.1, 0.15) is 21.5 Å². The van der Waals surface area contributed by atoms with Crippen molar-refractivity contribution in [1.82, 2.24) is 5.43 Å². The van der Waals surface area contributed by atoms with Gasteiger partial charge in [-0.05, 0) is 68.3 Å². The van der Waals surface area contributed by atoms with Gasteiger partial charge in [-0.3, -0.25) is 4.79 Å². The topological polar surface area (TPSA) is 61.7 Å². The maximum atomic E-state index is 11.9. The van der Waals surface area contributed by atoms with E-state index in [4.69, 9.17) is 6.42 Å². The van der Waals surface area contributed by atoms with Crippen molar-refractivity contribution in [2.24, 2.45) is 5.10 Å². The van der Waals surface area contributed by atoms with E-state index in [1.807, 2.05) is 0 Å². The van der Waals surface area contributed by atoms with Gasteiger partial charge in [0.1, 0.15) is 5.75 Å². The number of amides is 1. The van der Waals surface area contributed by atoms with Crippen LogP contribution in [0, 0.1) is 12.3 Å². The second-order valence-electron chi connectivity index (χ2n) is 4.25. The number of hydrogen-bond acceptors (Lipinski definition) is 3. The van der Waals surface area contributed by atoms with E-state index in [0.717, 1.165) is 8.95 Å². The molecule has 0 fully saturated rings. The van der Waals surface area contributed by atoms with E-state index >= 15 is 0 Å². The number of hydrazone groups is 1. The molecule has 2 aromatic rings. The molecule has 0 spiro atoms. The first-order valence-corrected chi connectivity index (χ1v) is 7.68. The first-order valence-electron chi connectivity index (χ1n) is 6.09. The van der Waals surface area contributed by atoms with E-state index in [1.165, 1.54) is 12.3 Å². The molecule has 0 aliphatic rings. The summed E-state index contributed by atoms with van der Waals surface area (Å²) in [6, 6.07) is 9.85. The van der Waals surface area contributed by atoms with Crippen LogP contribution in [0.2, 0.25) is 0 Å². The fourth-order valence-corrected chi connectivity index (χ4v) is 2.23. The zero-order chi connectivity index (χ0) is 16.1. The van der Waals surface area contributed by atoms with Crippen LogP contribution in [0.25, 0.3) is 0 Å². The van der Waals surface area contributed by atoms with Gasteiger partial charge in [0.2, 0.25) is 0 Å².